The molecule has 0 aromatic heterocycles. The number of rotatable bonds is 7. The number of benzene rings is 1. The molecule has 1 aromatic rings. The Morgan fingerprint density at radius 3 is 2.48 bits per heavy atom. The van der Waals surface area contributed by atoms with Crippen LogP contribution in [0.1, 0.15) is 51.5 Å². The monoisotopic (exact) mass is 317 g/mol. The number of anilines is 2. The topological polar surface area (TPSA) is 44.4 Å². The zero-order valence-electron chi connectivity index (χ0n) is 14.8. The van der Waals surface area contributed by atoms with Crippen LogP contribution in [0.5, 0.6) is 0 Å². The number of carbonyl (C=O) groups excluding carboxylic acids is 1. The molecular weight excluding hydrogens is 286 g/mol. The van der Waals surface area contributed by atoms with E-state index in [0.717, 1.165) is 31.6 Å². The molecule has 1 aliphatic carbocycles. The van der Waals surface area contributed by atoms with Crippen molar-refractivity contribution in [3.63, 3.8) is 0 Å². The number of aryl methyl sites for hydroxylation is 1. The highest BCUT2D eigenvalue weighted by atomic mass is 16.1. The van der Waals surface area contributed by atoms with Crippen molar-refractivity contribution >= 4 is 17.3 Å². The molecule has 128 valence electrons. The van der Waals surface area contributed by atoms with Crippen molar-refractivity contribution in [2.24, 2.45) is 0 Å². The van der Waals surface area contributed by atoms with Crippen LogP contribution in [0, 0.1) is 6.92 Å². The van der Waals surface area contributed by atoms with Gasteiger partial charge in [0.05, 0.1) is 6.54 Å². The van der Waals surface area contributed by atoms with Gasteiger partial charge in [-0.3, -0.25) is 4.79 Å². The predicted octanol–water partition coefficient (Wildman–Crippen LogP) is 3.70. The standard InChI is InChI=1S/C19H31N3O/c1-4-22(5-2)17-11-12-18(15(3)13-17)20-14-19(23)21-16-9-7-6-8-10-16/h11-13,16,20H,4-10,14H2,1-3H3,(H,21,23). The normalized spacial score (nSPS) is 15.3. The smallest absolute Gasteiger partial charge is 0.239 e. The minimum Gasteiger partial charge on any atom is -0.376 e. The summed E-state index contributed by atoms with van der Waals surface area (Å²) < 4.78 is 0. The minimum absolute atomic E-state index is 0.101. The van der Waals surface area contributed by atoms with Gasteiger partial charge in [0.25, 0.3) is 0 Å². The maximum atomic E-state index is 12.1. The van der Waals surface area contributed by atoms with E-state index >= 15 is 0 Å². The van der Waals surface area contributed by atoms with Gasteiger partial charge in [0.2, 0.25) is 5.91 Å². The van der Waals surface area contributed by atoms with Crippen LogP contribution < -0.4 is 15.5 Å². The quantitative estimate of drug-likeness (QED) is 0.806. The molecule has 0 radical (unpaired) electrons. The van der Waals surface area contributed by atoms with Crippen molar-refractivity contribution in [2.45, 2.75) is 58.9 Å². The van der Waals surface area contributed by atoms with Crippen LogP contribution >= 0.6 is 0 Å². The van der Waals surface area contributed by atoms with Crippen LogP contribution in [-0.4, -0.2) is 31.6 Å². The van der Waals surface area contributed by atoms with Gasteiger partial charge in [-0.25, -0.2) is 0 Å². The molecule has 2 N–H and O–H groups in total. The second kappa shape index (κ2) is 8.80. The van der Waals surface area contributed by atoms with Crippen molar-refractivity contribution in [2.75, 3.05) is 29.9 Å². The molecule has 0 saturated heterocycles. The van der Waals surface area contributed by atoms with Crippen LogP contribution in [0.15, 0.2) is 18.2 Å². The van der Waals surface area contributed by atoms with Gasteiger partial charge >= 0.3 is 0 Å². The summed E-state index contributed by atoms with van der Waals surface area (Å²) in [6.45, 7) is 8.79. The van der Waals surface area contributed by atoms with Gasteiger partial charge in [0.1, 0.15) is 0 Å². The van der Waals surface area contributed by atoms with Gasteiger partial charge in [0, 0.05) is 30.5 Å². The van der Waals surface area contributed by atoms with Gasteiger partial charge in [0.15, 0.2) is 0 Å². The van der Waals surface area contributed by atoms with E-state index in [1.807, 2.05) is 0 Å². The lowest BCUT2D eigenvalue weighted by molar-refractivity contribution is -0.120. The van der Waals surface area contributed by atoms with Gasteiger partial charge in [-0.05, 0) is 57.4 Å². The fraction of sp³-hybridized carbons (Fsp3) is 0.632. The largest absolute Gasteiger partial charge is 0.376 e. The third-order valence-electron chi connectivity index (χ3n) is 4.75. The minimum atomic E-state index is 0.101. The molecule has 0 atom stereocenters. The fourth-order valence-electron chi connectivity index (χ4n) is 3.33. The summed E-state index contributed by atoms with van der Waals surface area (Å²) >= 11 is 0. The number of hydrogen-bond donors (Lipinski definition) is 2. The summed E-state index contributed by atoms with van der Waals surface area (Å²) in [5, 5.41) is 6.42. The van der Waals surface area contributed by atoms with Gasteiger partial charge in [-0.1, -0.05) is 19.3 Å². The maximum absolute atomic E-state index is 12.1. The number of nitrogens with zero attached hydrogens (tertiary/aromatic N) is 1. The van der Waals surface area contributed by atoms with Crippen LogP contribution in [0.3, 0.4) is 0 Å². The third kappa shape index (κ3) is 5.15. The van der Waals surface area contributed by atoms with Crippen LogP contribution in [-0.2, 0) is 4.79 Å². The van der Waals surface area contributed by atoms with Crippen LogP contribution in [0.4, 0.5) is 11.4 Å². The van der Waals surface area contributed by atoms with Crippen molar-refractivity contribution in [3.05, 3.63) is 23.8 Å². The Kier molecular flexibility index (Phi) is 6.75. The molecule has 0 heterocycles. The summed E-state index contributed by atoms with van der Waals surface area (Å²) in [6.07, 6.45) is 6.05. The van der Waals surface area contributed by atoms with Gasteiger partial charge < -0.3 is 15.5 Å². The zero-order valence-corrected chi connectivity index (χ0v) is 14.8. The van der Waals surface area contributed by atoms with Gasteiger partial charge in [-0.15, -0.1) is 0 Å². The Balaban J connectivity index is 1.86. The summed E-state index contributed by atoms with van der Waals surface area (Å²) in [5.41, 5.74) is 3.46. The molecule has 23 heavy (non-hydrogen) atoms. The Labute approximate surface area is 140 Å². The van der Waals surface area contributed by atoms with E-state index in [0.29, 0.717) is 12.6 Å². The molecule has 4 nitrogen and oxygen atoms in total. The number of hydrogen-bond acceptors (Lipinski definition) is 3. The van der Waals surface area contributed by atoms with Crippen molar-refractivity contribution < 1.29 is 4.79 Å². The van der Waals surface area contributed by atoms with E-state index in [-0.39, 0.29) is 5.91 Å². The van der Waals surface area contributed by atoms with E-state index < -0.39 is 0 Å². The maximum Gasteiger partial charge on any atom is 0.239 e. The molecule has 1 amide bonds. The summed E-state index contributed by atoms with van der Waals surface area (Å²) in [5.74, 6) is 0.101. The second-order valence-electron chi connectivity index (χ2n) is 6.43. The molecule has 4 heteroatoms. The molecule has 0 bridgehead atoms. The Morgan fingerprint density at radius 2 is 1.87 bits per heavy atom. The van der Waals surface area contributed by atoms with Crippen molar-refractivity contribution in [1.29, 1.82) is 0 Å². The number of amides is 1. The fourth-order valence-corrected chi connectivity index (χ4v) is 3.33. The van der Waals surface area contributed by atoms with E-state index in [2.05, 4.69) is 54.5 Å². The second-order valence-corrected chi connectivity index (χ2v) is 6.43. The molecule has 1 aliphatic rings. The summed E-state index contributed by atoms with van der Waals surface area (Å²) in [4.78, 5) is 14.4. The molecule has 0 unspecified atom stereocenters. The zero-order chi connectivity index (χ0) is 16.7. The highest BCUT2D eigenvalue weighted by Gasteiger charge is 2.15. The molecule has 0 spiro atoms. The first kappa shape index (κ1) is 17.6. The molecular formula is C19H31N3O. The Morgan fingerprint density at radius 1 is 1.17 bits per heavy atom. The number of carbonyl (C=O) groups is 1. The summed E-state index contributed by atoms with van der Waals surface area (Å²) in [6, 6.07) is 6.77. The highest BCUT2D eigenvalue weighted by Crippen LogP contribution is 2.22. The van der Waals surface area contributed by atoms with Crippen molar-refractivity contribution in [3.8, 4) is 0 Å². The lowest BCUT2D eigenvalue weighted by Crippen LogP contribution is -2.39. The molecule has 0 aliphatic heterocycles. The lowest BCUT2D eigenvalue weighted by Gasteiger charge is -2.23. The first-order valence-electron chi connectivity index (χ1n) is 9.02. The molecule has 2 rings (SSSR count). The van der Waals surface area contributed by atoms with Crippen LogP contribution in [0.2, 0.25) is 0 Å². The van der Waals surface area contributed by atoms with Crippen LogP contribution in [0.25, 0.3) is 0 Å². The Hall–Kier alpha value is -1.71. The SMILES string of the molecule is CCN(CC)c1ccc(NCC(=O)NC2CCCCC2)c(C)c1. The predicted molar refractivity (Wildman–Crippen MR) is 98.2 cm³/mol. The van der Waals surface area contributed by atoms with E-state index in [4.69, 9.17) is 0 Å². The van der Waals surface area contributed by atoms with E-state index in [1.165, 1.54) is 30.5 Å². The highest BCUT2D eigenvalue weighted by molar-refractivity contribution is 5.81. The van der Waals surface area contributed by atoms with Gasteiger partial charge in [-0.2, -0.15) is 0 Å². The average Bonchev–Trinajstić information content (AvgIpc) is 2.56. The van der Waals surface area contributed by atoms with Crippen molar-refractivity contribution in [1.82, 2.24) is 5.32 Å². The third-order valence-corrected chi connectivity index (χ3v) is 4.75. The van der Waals surface area contributed by atoms with E-state index in [9.17, 15) is 4.79 Å². The molecule has 1 fully saturated rings. The van der Waals surface area contributed by atoms with E-state index in [1.54, 1.807) is 0 Å². The Bertz CT molecular complexity index is 505. The summed E-state index contributed by atoms with van der Waals surface area (Å²) in [7, 11) is 0. The lowest BCUT2D eigenvalue weighted by atomic mass is 9.95. The molecule has 1 saturated carbocycles. The average molecular weight is 317 g/mol. The number of nitrogens with one attached hydrogen (secondary N) is 2. The first-order valence-corrected chi connectivity index (χ1v) is 9.02. The molecule has 1 aromatic carbocycles. The first-order chi connectivity index (χ1) is 11.1.